The molecule has 41 heavy (non-hydrogen) atoms. The number of rotatable bonds is 7. The standard InChI is InChI=1S/C28H27ClF3N5O3S/c1-2-40-27(38)25(24-21-11-16(30)13-36(21)28(41)33-24)37-14-19-20(29)12-18(22(26(31)32)23(19)34-37)15-3-5-17(6-4-15)35-7-9-39-10-8-35/h3-6,12,14,16,25-26H,2,7-11,13H2,1H3,(H,33,41)/t16-,25-/m1/s1. The highest BCUT2D eigenvalue weighted by molar-refractivity contribution is 7.71. The van der Waals surface area contributed by atoms with Crippen LogP contribution in [0.1, 0.15) is 36.3 Å². The first-order chi connectivity index (χ1) is 19.8. The van der Waals surface area contributed by atoms with Crippen LogP contribution < -0.4 is 4.90 Å². The van der Waals surface area contributed by atoms with Crippen molar-refractivity contribution in [2.75, 3.05) is 37.8 Å². The number of ether oxygens (including phenoxy) is 2. The van der Waals surface area contributed by atoms with Gasteiger partial charge < -0.3 is 23.9 Å². The molecule has 0 saturated carbocycles. The molecule has 216 valence electrons. The molecule has 4 aromatic rings. The summed E-state index contributed by atoms with van der Waals surface area (Å²) in [6.45, 7) is 4.56. The van der Waals surface area contributed by atoms with Crippen molar-refractivity contribution in [2.45, 2.75) is 38.5 Å². The molecule has 6 rings (SSSR count). The van der Waals surface area contributed by atoms with E-state index in [9.17, 15) is 18.0 Å². The van der Waals surface area contributed by atoms with E-state index in [0.29, 0.717) is 30.2 Å². The third kappa shape index (κ3) is 5.02. The van der Waals surface area contributed by atoms with Crippen LogP contribution in [-0.2, 0) is 27.2 Å². The van der Waals surface area contributed by atoms with Gasteiger partial charge in [-0.05, 0) is 48.5 Å². The molecule has 0 unspecified atom stereocenters. The van der Waals surface area contributed by atoms with Gasteiger partial charge in [-0.1, -0.05) is 23.7 Å². The smallest absolute Gasteiger partial charge is 0.337 e. The molecule has 0 bridgehead atoms. The average molecular weight is 606 g/mol. The van der Waals surface area contributed by atoms with Gasteiger partial charge in [0.15, 0.2) is 10.8 Å². The molecule has 1 N–H and O–H groups in total. The highest BCUT2D eigenvalue weighted by Gasteiger charge is 2.35. The molecular weight excluding hydrogens is 579 g/mol. The molecule has 2 aliphatic rings. The normalized spacial score (nSPS) is 17.8. The van der Waals surface area contributed by atoms with Crippen LogP contribution in [0.2, 0.25) is 5.02 Å². The van der Waals surface area contributed by atoms with Gasteiger partial charge in [-0.2, -0.15) is 5.10 Å². The van der Waals surface area contributed by atoms with Crippen LogP contribution in [0.3, 0.4) is 0 Å². The topological polar surface area (TPSA) is 77.3 Å². The Hall–Kier alpha value is -3.35. The molecule has 8 nitrogen and oxygen atoms in total. The number of halogens is 4. The number of aromatic amines is 1. The van der Waals surface area contributed by atoms with Gasteiger partial charge in [0.25, 0.3) is 6.43 Å². The third-order valence-corrected chi connectivity index (χ3v) is 8.18. The average Bonchev–Trinajstić information content (AvgIpc) is 3.64. The van der Waals surface area contributed by atoms with Gasteiger partial charge in [0.2, 0.25) is 0 Å². The van der Waals surface area contributed by atoms with Crippen LogP contribution in [0.25, 0.3) is 22.0 Å². The van der Waals surface area contributed by atoms with E-state index in [4.69, 9.17) is 33.3 Å². The predicted octanol–water partition coefficient (Wildman–Crippen LogP) is 6.04. The SMILES string of the molecule is CCOC(=O)[C@@H](c1[nH]c(=S)n2c1C[C@@H](F)C2)n1cc2c(Cl)cc(-c3ccc(N4CCOCC4)cc3)c(C(F)F)c2n1. The zero-order valence-corrected chi connectivity index (χ0v) is 23.7. The van der Waals surface area contributed by atoms with Crippen LogP contribution in [0.5, 0.6) is 0 Å². The Morgan fingerprint density at radius 2 is 2.00 bits per heavy atom. The quantitative estimate of drug-likeness (QED) is 0.205. The molecule has 0 aliphatic carbocycles. The Bertz CT molecular complexity index is 1660. The summed E-state index contributed by atoms with van der Waals surface area (Å²) >= 11 is 12.0. The maximum Gasteiger partial charge on any atom is 0.337 e. The fourth-order valence-electron chi connectivity index (χ4n) is 5.65. The Kier molecular flexibility index (Phi) is 7.56. The number of hydrogen-bond donors (Lipinski definition) is 1. The molecule has 2 aromatic heterocycles. The first-order valence-electron chi connectivity index (χ1n) is 13.3. The monoisotopic (exact) mass is 605 g/mol. The number of carbonyl (C=O) groups excluding carboxylic acids is 1. The van der Waals surface area contributed by atoms with Crippen LogP contribution in [0.4, 0.5) is 18.9 Å². The second kappa shape index (κ2) is 11.1. The molecule has 0 spiro atoms. The van der Waals surface area contributed by atoms with Crippen molar-refractivity contribution in [1.82, 2.24) is 19.3 Å². The number of H-pyrrole nitrogens is 1. The summed E-state index contributed by atoms with van der Waals surface area (Å²) in [4.78, 5) is 18.4. The Labute approximate surface area is 243 Å². The summed E-state index contributed by atoms with van der Waals surface area (Å²) in [5.41, 5.74) is 2.26. The molecule has 1 saturated heterocycles. The number of esters is 1. The Morgan fingerprint density at radius 1 is 1.27 bits per heavy atom. The first-order valence-corrected chi connectivity index (χ1v) is 14.1. The zero-order chi connectivity index (χ0) is 28.8. The molecule has 2 aromatic carbocycles. The first kappa shape index (κ1) is 27.8. The molecule has 2 aliphatic heterocycles. The number of benzene rings is 2. The van der Waals surface area contributed by atoms with Crippen LogP contribution in [0, 0.1) is 4.77 Å². The van der Waals surface area contributed by atoms with Crippen molar-refractivity contribution in [1.29, 1.82) is 0 Å². The fourth-order valence-corrected chi connectivity index (χ4v) is 6.20. The van der Waals surface area contributed by atoms with Gasteiger partial charge in [0.05, 0.1) is 42.6 Å². The maximum atomic E-state index is 14.7. The second-order valence-electron chi connectivity index (χ2n) is 10.00. The number of nitrogens with one attached hydrogen (secondary N) is 1. The molecular formula is C28H27ClF3N5O3S. The number of nitrogens with zero attached hydrogens (tertiary/aromatic N) is 4. The lowest BCUT2D eigenvalue weighted by molar-refractivity contribution is -0.146. The van der Waals surface area contributed by atoms with E-state index in [2.05, 4.69) is 15.0 Å². The summed E-state index contributed by atoms with van der Waals surface area (Å²) in [6.07, 6.45) is -2.55. The number of hydrogen-bond acceptors (Lipinski definition) is 6. The highest BCUT2D eigenvalue weighted by Crippen LogP contribution is 2.41. The number of carbonyl (C=O) groups is 1. The van der Waals surface area contributed by atoms with E-state index < -0.39 is 24.6 Å². The van der Waals surface area contributed by atoms with Crippen LogP contribution >= 0.6 is 23.8 Å². The van der Waals surface area contributed by atoms with E-state index in [1.54, 1.807) is 23.6 Å². The highest BCUT2D eigenvalue weighted by atomic mass is 35.5. The predicted molar refractivity (Wildman–Crippen MR) is 151 cm³/mol. The minimum atomic E-state index is -2.88. The lowest BCUT2D eigenvalue weighted by Gasteiger charge is -2.29. The number of morpholine rings is 1. The third-order valence-electron chi connectivity index (χ3n) is 7.55. The summed E-state index contributed by atoms with van der Waals surface area (Å²) < 4.78 is 57.6. The van der Waals surface area contributed by atoms with E-state index in [0.717, 1.165) is 18.8 Å². The molecule has 0 amide bonds. The van der Waals surface area contributed by atoms with Crippen molar-refractivity contribution < 1.29 is 27.4 Å². The van der Waals surface area contributed by atoms with Crippen LogP contribution in [0.15, 0.2) is 36.5 Å². The Morgan fingerprint density at radius 3 is 2.68 bits per heavy atom. The van der Waals surface area contributed by atoms with Gasteiger partial charge in [0.1, 0.15) is 11.7 Å². The van der Waals surface area contributed by atoms with Crippen LogP contribution in [-0.4, -0.2) is 64.4 Å². The summed E-state index contributed by atoms with van der Waals surface area (Å²) in [7, 11) is 0. The number of aromatic nitrogens is 4. The van der Waals surface area contributed by atoms with Crippen molar-refractivity contribution >= 4 is 46.4 Å². The van der Waals surface area contributed by atoms with E-state index >= 15 is 0 Å². The van der Waals surface area contributed by atoms with Crippen molar-refractivity contribution in [3.63, 3.8) is 0 Å². The van der Waals surface area contributed by atoms with E-state index in [1.165, 1.54) is 16.9 Å². The molecule has 4 heterocycles. The van der Waals surface area contributed by atoms with Crippen molar-refractivity contribution in [2.24, 2.45) is 0 Å². The van der Waals surface area contributed by atoms with Crippen molar-refractivity contribution in [3.05, 3.63) is 63.3 Å². The number of imidazole rings is 1. The number of alkyl halides is 3. The number of anilines is 1. The molecule has 1 fully saturated rings. The number of fused-ring (bicyclic) bond motifs is 2. The minimum absolute atomic E-state index is 0.0353. The van der Waals surface area contributed by atoms with Gasteiger partial charge in [0, 0.05) is 42.5 Å². The van der Waals surface area contributed by atoms with Gasteiger partial charge in [-0.15, -0.1) is 0 Å². The lowest BCUT2D eigenvalue weighted by Crippen LogP contribution is -2.36. The minimum Gasteiger partial charge on any atom is -0.464 e. The summed E-state index contributed by atoms with van der Waals surface area (Å²) in [6, 6.07) is 7.63. The maximum absolute atomic E-state index is 14.7. The van der Waals surface area contributed by atoms with E-state index in [-0.39, 0.29) is 51.4 Å². The van der Waals surface area contributed by atoms with Gasteiger partial charge in [-0.3, -0.25) is 4.68 Å². The molecule has 13 heteroatoms. The lowest BCUT2D eigenvalue weighted by atomic mass is 9.97. The van der Waals surface area contributed by atoms with E-state index in [1.807, 2.05) is 12.1 Å². The summed E-state index contributed by atoms with van der Waals surface area (Å²) in [5.74, 6) is -0.684. The fraction of sp³-hybridized carbons (Fsp3) is 0.393. The van der Waals surface area contributed by atoms with Gasteiger partial charge >= 0.3 is 5.97 Å². The molecule has 2 atom stereocenters. The molecule has 0 radical (unpaired) electrons. The largest absolute Gasteiger partial charge is 0.464 e. The second-order valence-corrected chi connectivity index (χ2v) is 10.8. The van der Waals surface area contributed by atoms with Crippen molar-refractivity contribution in [3.8, 4) is 11.1 Å². The van der Waals surface area contributed by atoms with Gasteiger partial charge in [-0.25, -0.2) is 18.0 Å². The Balaban J connectivity index is 1.47. The summed E-state index contributed by atoms with van der Waals surface area (Å²) in [5, 5.41) is 4.93. The zero-order valence-electron chi connectivity index (χ0n) is 22.1.